The maximum absolute atomic E-state index is 12.9. The first-order chi connectivity index (χ1) is 35.0. The lowest BCUT2D eigenvalue weighted by Crippen LogP contribution is -2.30. The van der Waals surface area contributed by atoms with Gasteiger partial charge in [-0.25, -0.2) is 0 Å². The summed E-state index contributed by atoms with van der Waals surface area (Å²) in [5, 5.41) is 0. The predicted octanol–water partition coefficient (Wildman–Crippen LogP) is 19.6. The van der Waals surface area contributed by atoms with Gasteiger partial charge in [0.05, 0.1) is 0 Å². The lowest BCUT2D eigenvalue weighted by molar-refractivity contribution is -0.167. The molecule has 0 heterocycles. The molecule has 0 aromatic rings. The van der Waals surface area contributed by atoms with E-state index in [2.05, 4.69) is 142 Å². The minimum atomic E-state index is -0.812. The van der Waals surface area contributed by atoms with E-state index in [4.69, 9.17) is 14.2 Å². The summed E-state index contributed by atoms with van der Waals surface area (Å²) in [6, 6.07) is 0. The van der Waals surface area contributed by atoms with Crippen molar-refractivity contribution in [2.24, 2.45) is 0 Å². The molecule has 0 rings (SSSR count). The van der Waals surface area contributed by atoms with Gasteiger partial charge in [-0.2, -0.15) is 0 Å². The van der Waals surface area contributed by atoms with Crippen molar-refractivity contribution in [2.75, 3.05) is 13.2 Å². The minimum Gasteiger partial charge on any atom is -0.462 e. The zero-order valence-corrected chi connectivity index (χ0v) is 45.9. The molecule has 0 aliphatic rings. The highest BCUT2D eigenvalue weighted by atomic mass is 16.6. The minimum absolute atomic E-state index is 0.107. The third kappa shape index (κ3) is 56.6. The molecule has 0 aromatic carbocycles. The van der Waals surface area contributed by atoms with Gasteiger partial charge in [0.15, 0.2) is 6.10 Å². The first kappa shape index (κ1) is 66.8. The van der Waals surface area contributed by atoms with Crippen LogP contribution in [0, 0.1) is 0 Å². The number of rotatable bonds is 51. The number of carbonyl (C=O) groups excluding carboxylic acids is 3. The van der Waals surface area contributed by atoms with Gasteiger partial charge in [-0.05, 0) is 109 Å². The predicted molar refractivity (Wildman–Crippen MR) is 306 cm³/mol. The number of allylic oxidation sites excluding steroid dienone is 20. The van der Waals surface area contributed by atoms with Crippen LogP contribution in [-0.4, -0.2) is 37.2 Å². The third-order valence-electron chi connectivity index (χ3n) is 12.0. The number of carbonyl (C=O) groups is 3. The lowest BCUT2D eigenvalue weighted by Gasteiger charge is -2.18. The van der Waals surface area contributed by atoms with Gasteiger partial charge < -0.3 is 14.2 Å². The van der Waals surface area contributed by atoms with E-state index in [0.29, 0.717) is 12.8 Å². The Morgan fingerprint density at radius 3 is 1.04 bits per heavy atom. The van der Waals surface area contributed by atoms with Crippen LogP contribution < -0.4 is 0 Å². The van der Waals surface area contributed by atoms with Crippen molar-refractivity contribution in [3.63, 3.8) is 0 Å². The van der Waals surface area contributed by atoms with Crippen LogP contribution in [0.5, 0.6) is 0 Å². The van der Waals surface area contributed by atoms with Gasteiger partial charge in [0.1, 0.15) is 13.2 Å². The molecule has 0 amide bonds. The Bertz CT molecular complexity index is 1500. The Balaban J connectivity index is 4.53. The monoisotopic (exact) mass is 983 g/mol. The molecule has 0 aliphatic heterocycles. The van der Waals surface area contributed by atoms with Crippen LogP contribution in [0.15, 0.2) is 122 Å². The van der Waals surface area contributed by atoms with Crippen LogP contribution in [0.1, 0.15) is 252 Å². The van der Waals surface area contributed by atoms with E-state index in [1.807, 2.05) is 0 Å². The fourth-order valence-corrected chi connectivity index (χ4v) is 7.67. The van der Waals surface area contributed by atoms with Crippen molar-refractivity contribution in [3.8, 4) is 0 Å². The van der Waals surface area contributed by atoms with Gasteiger partial charge in [0.25, 0.3) is 0 Å². The standard InChI is InChI=1S/C65H106O6/c1-4-7-10-13-16-19-22-25-28-31-33-35-37-40-43-46-49-52-55-58-64(67)70-61-62(60-69-63(66)57-54-51-48-45-42-39-36-30-27-24-21-18-15-12-9-6-3)71-65(68)59-56-53-50-47-44-41-38-34-32-29-26-23-20-17-14-11-8-5-2/h7,10,16-17,19-20,23,25-26,28-30,32-36,38-39,42,62H,4-6,8-9,11-15,18,21-22,24,27,31,37,40-41,43-61H2,1-3H3/b10-7-,19-16-,20-17-,26-23-,28-25-,32-29-,35-33-,36-30-,38-34-,42-39-. The number of hydrogen-bond acceptors (Lipinski definition) is 6. The fourth-order valence-electron chi connectivity index (χ4n) is 7.67. The Morgan fingerprint density at radius 1 is 0.310 bits per heavy atom. The summed E-state index contributed by atoms with van der Waals surface area (Å²) in [7, 11) is 0. The van der Waals surface area contributed by atoms with E-state index in [1.54, 1.807) is 0 Å². The second kappa shape index (κ2) is 58.4. The van der Waals surface area contributed by atoms with Crippen LogP contribution in [0.2, 0.25) is 0 Å². The zero-order chi connectivity index (χ0) is 51.4. The SMILES string of the molecule is CC/C=C\C/C=C\C/C=C\C/C=C\CCCCCCCCC(=O)OCC(COC(=O)CCCCC/C=C\C=C/CCCCCCCCC)OC(=O)CCCCCCC\C=C/C=C\C=C/C=C\CCCCC. The van der Waals surface area contributed by atoms with Crippen molar-refractivity contribution < 1.29 is 28.6 Å². The largest absolute Gasteiger partial charge is 0.462 e. The molecule has 0 saturated heterocycles. The molecule has 6 heteroatoms. The third-order valence-corrected chi connectivity index (χ3v) is 12.0. The molecule has 0 fully saturated rings. The van der Waals surface area contributed by atoms with Crippen molar-refractivity contribution in [3.05, 3.63) is 122 Å². The van der Waals surface area contributed by atoms with Gasteiger partial charge >= 0.3 is 17.9 Å². The van der Waals surface area contributed by atoms with E-state index in [-0.39, 0.29) is 37.5 Å². The molecule has 0 aliphatic carbocycles. The summed E-state index contributed by atoms with van der Waals surface area (Å²) in [6.07, 6.45) is 80.4. The molecular formula is C65H106O6. The van der Waals surface area contributed by atoms with Gasteiger partial charge in [-0.1, -0.05) is 245 Å². The highest BCUT2D eigenvalue weighted by molar-refractivity contribution is 5.71. The second-order valence-corrected chi connectivity index (χ2v) is 18.9. The van der Waals surface area contributed by atoms with Crippen LogP contribution in [0.3, 0.4) is 0 Å². The molecule has 0 aromatic heterocycles. The average Bonchev–Trinajstić information content (AvgIpc) is 3.37. The number of esters is 3. The summed E-state index contributed by atoms with van der Waals surface area (Å²) in [4.78, 5) is 38.2. The van der Waals surface area contributed by atoms with Crippen molar-refractivity contribution >= 4 is 17.9 Å². The lowest BCUT2D eigenvalue weighted by atomic mass is 10.1. The molecule has 0 radical (unpaired) electrons. The van der Waals surface area contributed by atoms with E-state index in [9.17, 15) is 14.4 Å². The Labute approximate surface area is 437 Å². The van der Waals surface area contributed by atoms with Crippen molar-refractivity contribution in [1.29, 1.82) is 0 Å². The summed E-state index contributed by atoms with van der Waals surface area (Å²) in [5.41, 5.74) is 0. The van der Waals surface area contributed by atoms with Gasteiger partial charge in [-0.15, -0.1) is 0 Å². The number of hydrogen-bond donors (Lipinski definition) is 0. The molecule has 0 saturated carbocycles. The molecule has 402 valence electrons. The van der Waals surface area contributed by atoms with Crippen LogP contribution >= 0.6 is 0 Å². The Morgan fingerprint density at radius 2 is 0.606 bits per heavy atom. The van der Waals surface area contributed by atoms with Crippen molar-refractivity contribution in [1.82, 2.24) is 0 Å². The Hall–Kier alpha value is -4.19. The Kier molecular flexibility index (Phi) is 54.9. The van der Waals surface area contributed by atoms with Crippen molar-refractivity contribution in [2.45, 2.75) is 258 Å². The fraction of sp³-hybridized carbons (Fsp3) is 0.646. The topological polar surface area (TPSA) is 78.9 Å². The highest BCUT2D eigenvalue weighted by Crippen LogP contribution is 2.14. The summed E-state index contributed by atoms with van der Waals surface area (Å²) in [6.45, 7) is 6.43. The highest BCUT2D eigenvalue weighted by Gasteiger charge is 2.19. The molecule has 1 atom stereocenters. The smallest absolute Gasteiger partial charge is 0.306 e. The first-order valence-corrected chi connectivity index (χ1v) is 29.1. The molecule has 0 bridgehead atoms. The van der Waals surface area contributed by atoms with Crippen LogP contribution in [0.4, 0.5) is 0 Å². The summed E-state index contributed by atoms with van der Waals surface area (Å²) >= 11 is 0. The van der Waals surface area contributed by atoms with Crippen LogP contribution in [-0.2, 0) is 28.6 Å². The van der Waals surface area contributed by atoms with Gasteiger partial charge in [0.2, 0.25) is 0 Å². The maximum atomic E-state index is 12.9. The number of ether oxygens (including phenoxy) is 3. The first-order valence-electron chi connectivity index (χ1n) is 29.1. The normalized spacial score (nSPS) is 13.0. The van der Waals surface area contributed by atoms with Gasteiger partial charge in [-0.3, -0.25) is 14.4 Å². The van der Waals surface area contributed by atoms with E-state index in [0.717, 1.165) is 135 Å². The quantitative estimate of drug-likeness (QED) is 0.0199. The van der Waals surface area contributed by atoms with E-state index >= 15 is 0 Å². The molecule has 1 unspecified atom stereocenters. The molecule has 0 N–H and O–H groups in total. The molecule has 71 heavy (non-hydrogen) atoms. The number of unbranched alkanes of at least 4 members (excludes halogenated alkanes) is 24. The molecule has 6 nitrogen and oxygen atoms in total. The molecular weight excluding hydrogens is 877 g/mol. The second-order valence-electron chi connectivity index (χ2n) is 18.9. The summed E-state index contributed by atoms with van der Waals surface area (Å²) < 4.78 is 16.8. The van der Waals surface area contributed by atoms with Crippen LogP contribution in [0.25, 0.3) is 0 Å². The zero-order valence-electron chi connectivity index (χ0n) is 45.9. The van der Waals surface area contributed by atoms with E-state index in [1.165, 1.54) is 77.0 Å². The summed E-state index contributed by atoms with van der Waals surface area (Å²) in [5.74, 6) is -0.970. The van der Waals surface area contributed by atoms with Gasteiger partial charge in [0, 0.05) is 19.3 Å². The maximum Gasteiger partial charge on any atom is 0.306 e. The average molecular weight is 984 g/mol. The molecule has 0 spiro atoms. The van der Waals surface area contributed by atoms with E-state index < -0.39 is 6.10 Å².